The second kappa shape index (κ2) is 8.37. The summed E-state index contributed by atoms with van der Waals surface area (Å²) in [6.07, 6.45) is 0. The molecule has 0 aliphatic carbocycles. The quantitative estimate of drug-likeness (QED) is 0.400. The SMILES string of the molecule is O=C(CSc1nnc2n(Cc3ccccc3)c(=O)c3sccc3n12)Nc1ccccc1. The Balaban J connectivity index is 1.49. The predicted molar refractivity (Wildman–Crippen MR) is 124 cm³/mol. The molecule has 0 unspecified atom stereocenters. The van der Waals surface area contributed by atoms with Crippen molar-refractivity contribution in [2.45, 2.75) is 11.7 Å². The Kier molecular flexibility index (Phi) is 5.27. The highest BCUT2D eigenvalue weighted by Crippen LogP contribution is 2.25. The standard InChI is InChI=1S/C22H17N5O2S2/c28-18(23-16-9-5-2-6-10-16)14-31-22-25-24-21-26(13-15-7-3-1-4-8-15)20(29)19-17(27(21)22)11-12-30-19/h1-12H,13-14H2,(H,23,28). The van der Waals surface area contributed by atoms with Gasteiger partial charge in [0, 0.05) is 5.69 Å². The van der Waals surface area contributed by atoms with Crippen molar-refractivity contribution >= 4 is 50.7 Å². The minimum atomic E-state index is -0.132. The van der Waals surface area contributed by atoms with Crippen LogP contribution in [0, 0.1) is 0 Å². The second-order valence-electron chi connectivity index (χ2n) is 6.83. The highest BCUT2D eigenvalue weighted by Gasteiger charge is 2.18. The van der Waals surface area contributed by atoms with Crippen molar-refractivity contribution in [3.8, 4) is 0 Å². The lowest BCUT2D eigenvalue weighted by Gasteiger charge is -2.09. The first-order valence-corrected chi connectivity index (χ1v) is 11.4. The lowest BCUT2D eigenvalue weighted by atomic mass is 10.2. The van der Waals surface area contributed by atoms with E-state index in [1.54, 1.807) is 4.57 Å². The van der Waals surface area contributed by atoms with Gasteiger partial charge in [0.05, 0.1) is 17.8 Å². The molecule has 0 saturated carbocycles. The third-order valence-corrected chi connectivity index (χ3v) is 6.58. The molecule has 9 heteroatoms. The molecule has 3 aromatic heterocycles. The summed E-state index contributed by atoms with van der Waals surface area (Å²) in [5.74, 6) is 0.511. The largest absolute Gasteiger partial charge is 0.325 e. The van der Waals surface area contributed by atoms with Gasteiger partial charge in [-0.25, -0.2) is 0 Å². The van der Waals surface area contributed by atoms with E-state index in [9.17, 15) is 9.59 Å². The first-order chi connectivity index (χ1) is 15.2. The number of nitrogens with zero attached hydrogens (tertiary/aromatic N) is 4. The van der Waals surface area contributed by atoms with Crippen molar-refractivity contribution < 1.29 is 4.79 Å². The number of aromatic nitrogens is 4. The molecule has 31 heavy (non-hydrogen) atoms. The van der Waals surface area contributed by atoms with Gasteiger partial charge in [0.1, 0.15) is 4.70 Å². The summed E-state index contributed by atoms with van der Waals surface area (Å²) < 4.78 is 4.13. The summed E-state index contributed by atoms with van der Waals surface area (Å²) in [5.41, 5.74) is 2.41. The fourth-order valence-electron chi connectivity index (χ4n) is 3.35. The van der Waals surface area contributed by atoms with E-state index in [1.807, 2.05) is 76.5 Å². The van der Waals surface area contributed by atoms with Gasteiger partial charge in [-0.05, 0) is 29.1 Å². The molecule has 5 aromatic rings. The van der Waals surface area contributed by atoms with E-state index < -0.39 is 0 Å². The molecule has 5 rings (SSSR count). The summed E-state index contributed by atoms with van der Waals surface area (Å²) in [5, 5.41) is 13.9. The van der Waals surface area contributed by atoms with Crippen LogP contribution in [0.25, 0.3) is 16.0 Å². The van der Waals surface area contributed by atoms with Crippen molar-refractivity contribution in [1.82, 2.24) is 19.2 Å². The van der Waals surface area contributed by atoms with Crippen LogP contribution in [0.3, 0.4) is 0 Å². The molecule has 2 aromatic carbocycles. The smallest absolute Gasteiger partial charge is 0.273 e. The monoisotopic (exact) mass is 447 g/mol. The fourth-order valence-corrected chi connectivity index (χ4v) is 4.91. The molecule has 0 atom stereocenters. The van der Waals surface area contributed by atoms with E-state index in [2.05, 4.69) is 15.5 Å². The number of benzene rings is 2. The molecule has 0 aliphatic heterocycles. The molecule has 0 spiro atoms. The lowest BCUT2D eigenvalue weighted by molar-refractivity contribution is -0.113. The van der Waals surface area contributed by atoms with Gasteiger partial charge < -0.3 is 5.32 Å². The Morgan fingerprint density at radius 2 is 1.74 bits per heavy atom. The van der Waals surface area contributed by atoms with Crippen molar-refractivity contribution in [3.63, 3.8) is 0 Å². The third-order valence-electron chi connectivity index (χ3n) is 4.76. The maximum Gasteiger partial charge on any atom is 0.273 e. The molecule has 0 saturated heterocycles. The Labute approximate surface area is 185 Å². The Morgan fingerprint density at radius 1 is 1.00 bits per heavy atom. The predicted octanol–water partition coefficient (Wildman–Crippen LogP) is 3.88. The van der Waals surface area contributed by atoms with E-state index in [0.717, 1.165) is 16.8 Å². The number of para-hydroxylation sites is 1. The number of nitrogens with one attached hydrogen (secondary N) is 1. The van der Waals surface area contributed by atoms with Crippen LogP contribution in [0.1, 0.15) is 5.56 Å². The van der Waals surface area contributed by atoms with Gasteiger partial charge >= 0.3 is 0 Å². The lowest BCUT2D eigenvalue weighted by Crippen LogP contribution is -2.23. The summed E-state index contributed by atoms with van der Waals surface area (Å²) in [6, 6.07) is 21.0. The molecule has 3 heterocycles. The van der Waals surface area contributed by atoms with Gasteiger partial charge in [0.2, 0.25) is 11.7 Å². The van der Waals surface area contributed by atoms with Crippen molar-refractivity contribution in [3.05, 3.63) is 88.0 Å². The number of fused-ring (bicyclic) bond motifs is 3. The van der Waals surface area contributed by atoms with Crippen LogP contribution < -0.4 is 10.9 Å². The van der Waals surface area contributed by atoms with Gasteiger partial charge in [-0.3, -0.25) is 18.6 Å². The number of carbonyl (C=O) groups excluding carboxylic acids is 1. The van der Waals surface area contributed by atoms with Crippen LogP contribution >= 0.6 is 23.1 Å². The van der Waals surface area contributed by atoms with Gasteiger partial charge in [0.15, 0.2) is 5.16 Å². The van der Waals surface area contributed by atoms with Gasteiger partial charge in [-0.2, -0.15) is 0 Å². The Morgan fingerprint density at radius 3 is 2.52 bits per heavy atom. The molecule has 1 N–H and O–H groups in total. The number of anilines is 1. The van der Waals surface area contributed by atoms with E-state index in [4.69, 9.17) is 0 Å². The van der Waals surface area contributed by atoms with E-state index >= 15 is 0 Å². The molecule has 0 aliphatic rings. The third kappa shape index (κ3) is 3.85. The van der Waals surface area contributed by atoms with Crippen molar-refractivity contribution in [2.24, 2.45) is 0 Å². The number of hydrogen-bond acceptors (Lipinski definition) is 6. The second-order valence-corrected chi connectivity index (χ2v) is 8.69. The average Bonchev–Trinajstić information content (AvgIpc) is 3.44. The molecule has 0 fully saturated rings. The fraction of sp³-hybridized carbons (Fsp3) is 0.0909. The maximum absolute atomic E-state index is 13.1. The molecule has 0 bridgehead atoms. The van der Waals surface area contributed by atoms with Crippen LogP contribution in [0.15, 0.2) is 82.1 Å². The van der Waals surface area contributed by atoms with Crippen LogP contribution in [0.2, 0.25) is 0 Å². The molecular formula is C22H17N5O2S2. The van der Waals surface area contributed by atoms with Crippen LogP contribution in [-0.2, 0) is 11.3 Å². The van der Waals surface area contributed by atoms with Crippen molar-refractivity contribution in [2.75, 3.05) is 11.1 Å². The number of rotatable bonds is 6. The summed E-state index contributed by atoms with van der Waals surface area (Å²) >= 11 is 2.68. The molecule has 0 radical (unpaired) electrons. The van der Waals surface area contributed by atoms with Gasteiger partial charge in [0.25, 0.3) is 5.56 Å². The van der Waals surface area contributed by atoms with Crippen LogP contribution in [-0.4, -0.2) is 30.8 Å². The number of carbonyl (C=O) groups is 1. The zero-order valence-corrected chi connectivity index (χ0v) is 17.9. The Bertz CT molecular complexity index is 1420. The van der Waals surface area contributed by atoms with Crippen LogP contribution in [0.5, 0.6) is 0 Å². The zero-order valence-electron chi connectivity index (χ0n) is 16.3. The minimum absolute atomic E-state index is 0.0906. The molecule has 154 valence electrons. The highest BCUT2D eigenvalue weighted by atomic mass is 32.2. The zero-order chi connectivity index (χ0) is 21.2. The molecule has 1 amide bonds. The summed E-state index contributed by atoms with van der Waals surface area (Å²) in [7, 11) is 0. The first-order valence-electron chi connectivity index (χ1n) is 9.57. The van der Waals surface area contributed by atoms with Crippen LogP contribution in [0.4, 0.5) is 5.69 Å². The van der Waals surface area contributed by atoms with Gasteiger partial charge in [-0.15, -0.1) is 21.5 Å². The number of thiophene rings is 1. The minimum Gasteiger partial charge on any atom is -0.325 e. The van der Waals surface area contributed by atoms with E-state index in [-0.39, 0.29) is 17.2 Å². The number of thioether (sulfide) groups is 1. The number of hydrogen-bond donors (Lipinski definition) is 1. The van der Waals surface area contributed by atoms with E-state index in [1.165, 1.54) is 23.1 Å². The summed E-state index contributed by atoms with van der Waals surface area (Å²) in [4.78, 5) is 25.5. The Hall–Kier alpha value is -3.43. The maximum atomic E-state index is 13.1. The number of amides is 1. The summed E-state index contributed by atoms with van der Waals surface area (Å²) in [6.45, 7) is 0.397. The van der Waals surface area contributed by atoms with Gasteiger partial charge in [-0.1, -0.05) is 60.3 Å². The van der Waals surface area contributed by atoms with Crippen molar-refractivity contribution in [1.29, 1.82) is 0 Å². The average molecular weight is 448 g/mol. The normalized spacial score (nSPS) is 11.2. The first kappa shape index (κ1) is 19.5. The van der Waals surface area contributed by atoms with E-state index in [0.29, 0.717) is 22.2 Å². The molecular weight excluding hydrogens is 430 g/mol. The molecule has 7 nitrogen and oxygen atoms in total. The highest BCUT2D eigenvalue weighted by molar-refractivity contribution is 7.99. The topological polar surface area (TPSA) is 81.3 Å².